The second kappa shape index (κ2) is 13.5. The van der Waals surface area contributed by atoms with E-state index in [-0.39, 0.29) is 12.1 Å². The highest BCUT2D eigenvalue weighted by Gasteiger charge is 2.27. The van der Waals surface area contributed by atoms with E-state index in [0.717, 1.165) is 44.5 Å². The van der Waals surface area contributed by atoms with Crippen LogP contribution in [0.5, 0.6) is 0 Å². The van der Waals surface area contributed by atoms with Crippen LogP contribution < -0.4 is 10.6 Å². The standard InChI is InChI=1S/C36H36ClFN8/c37-31-20-28(41-35(25-9-11-27(38)12-10-25)33-23-46(44-43-33)29-13-14-29)19-30-34(26(21-39)22-40-36(30)31)42-32(24-7-3-1-4-8-24)15-18-45-16-5-2-6-17-45/h1,3-4,7-12,19-20,22-23,29,32,35,41H,2,5-6,13-18H2,(H,40,42)/t32-,35+/m1/s1/i35D. The summed E-state index contributed by atoms with van der Waals surface area (Å²) < 4.78 is 25.5. The Bertz CT molecular complexity index is 1900. The van der Waals surface area contributed by atoms with Crippen LogP contribution in [0.25, 0.3) is 10.9 Å². The zero-order valence-corrected chi connectivity index (χ0v) is 26.2. The van der Waals surface area contributed by atoms with Crippen molar-refractivity contribution in [3.63, 3.8) is 0 Å². The smallest absolute Gasteiger partial charge is 0.123 e. The monoisotopic (exact) mass is 635 g/mol. The molecule has 1 saturated heterocycles. The summed E-state index contributed by atoms with van der Waals surface area (Å²) in [6.07, 6.45) is 9.94. The molecule has 7 rings (SSSR count). The Kier molecular flexibility index (Phi) is 8.46. The lowest BCUT2D eigenvalue weighted by molar-refractivity contribution is 0.223. The Balaban J connectivity index is 1.28. The molecule has 2 aromatic heterocycles. The van der Waals surface area contributed by atoms with E-state index < -0.39 is 11.8 Å². The second-order valence-electron chi connectivity index (χ2n) is 12.1. The molecule has 2 N–H and O–H groups in total. The van der Waals surface area contributed by atoms with Crippen LogP contribution in [-0.2, 0) is 0 Å². The second-order valence-corrected chi connectivity index (χ2v) is 12.5. The maximum Gasteiger partial charge on any atom is 0.123 e. The minimum atomic E-state index is -1.62. The van der Waals surface area contributed by atoms with Gasteiger partial charge in [0.25, 0.3) is 0 Å². The van der Waals surface area contributed by atoms with E-state index in [9.17, 15) is 11.0 Å². The summed E-state index contributed by atoms with van der Waals surface area (Å²) in [5.74, 6) is -0.398. The number of nitriles is 1. The van der Waals surface area contributed by atoms with E-state index in [4.69, 9.17) is 11.6 Å². The van der Waals surface area contributed by atoms with Crippen molar-refractivity contribution < 1.29 is 5.76 Å². The number of benzene rings is 3. The highest BCUT2D eigenvalue weighted by Crippen LogP contribution is 2.38. The first-order valence-electron chi connectivity index (χ1n) is 16.4. The molecular weight excluding hydrogens is 599 g/mol. The third kappa shape index (κ3) is 6.69. The van der Waals surface area contributed by atoms with E-state index in [1.807, 2.05) is 24.3 Å². The van der Waals surface area contributed by atoms with Gasteiger partial charge in [-0.2, -0.15) is 5.26 Å². The fraction of sp³-hybridized carbons (Fsp3) is 0.333. The van der Waals surface area contributed by atoms with Crippen LogP contribution in [0.1, 0.15) is 80.4 Å². The van der Waals surface area contributed by atoms with Crippen molar-refractivity contribution in [2.75, 3.05) is 30.3 Å². The molecule has 2 fully saturated rings. The SMILES string of the molecule is [2H][C@](Nc1cc(Cl)c2ncc(C#N)c(N[C@H](CCN3CCCCC3)c3ccccc3)c2c1)(c1ccc(F)cc1)c1cn(C2CC2)nn1. The molecular formula is C36H36ClFN8. The molecule has 0 bridgehead atoms. The zero-order valence-electron chi connectivity index (χ0n) is 26.5. The van der Waals surface area contributed by atoms with E-state index >= 15 is 0 Å². The van der Waals surface area contributed by atoms with Gasteiger partial charge in [0.1, 0.15) is 17.6 Å². The van der Waals surface area contributed by atoms with E-state index in [1.54, 1.807) is 35.3 Å². The molecule has 1 aliphatic carbocycles. The van der Waals surface area contributed by atoms with Gasteiger partial charge < -0.3 is 15.5 Å². The van der Waals surface area contributed by atoms with E-state index in [1.165, 1.54) is 31.4 Å². The Labute approximate surface area is 274 Å². The lowest BCUT2D eigenvalue weighted by Gasteiger charge is -2.29. The Morgan fingerprint density at radius 3 is 2.54 bits per heavy atom. The third-order valence-corrected chi connectivity index (χ3v) is 9.13. The highest BCUT2D eigenvalue weighted by atomic mass is 35.5. The largest absolute Gasteiger partial charge is 0.377 e. The summed E-state index contributed by atoms with van der Waals surface area (Å²) in [4.78, 5) is 7.07. The number of pyridine rings is 1. The number of anilines is 2. The van der Waals surface area contributed by atoms with Gasteiger partial charge in [-0.05, 0) is 80.6 Å². The molecule has 0 unspecified atom stereocenters. The number of nitrogens with one attached hydrogen (secondary N) is 2. The summed E-state index contributed by atoms with van der Waals surface area (Å²) in [5, 5.41) is 27.0. The van der Waals surface area contributed by atoms with Crippen LogP contribution in [0.4, 0.5) is 15.8 Å². The van der Waals surface area contributed by atoms with Crippen molar-refractivity contribution in [2.45, 2.75) is 56.6 Å². The van der Waals surface area contributed by atoms with Gasteiger partial charge in [0.05, 0.1) is 47.5 Å². The normalized spacial score (nSPS) is 17.5. The fourth-order valence-electron chi connectivity index (χ4n) is 6.20. The Morgan fingerprint density at radius 1 is 1.02 bits per heavy atom. The average molecular weight is 636 g/mol. The molecule has 234 valence electrons. The van der Waals surface area contributed by atoms with Crippen molar-refractivity contribution in [1.29, 1.82) is 5.26 Å². The van der Waals surface area contributed by atoms with Gasteiger partial charge in [-0.3, -0.25) is 4.98 Å². The molecule has 2 atom stereocenters. The van der Waals surface area contributed by atoms with Crippen LogP contribution in [-0.4, -0.2) is 44.5 Å². The van der Waals surface area contributed by atoms with Crippen LogP contribution in [0.15, 0.2) is 79.1 Å². The van der Waals surface area contributed by atoms with Crippen molar-refractivity contribution in [1.82, 2.24) is 24.9 Å². The molecule has 1 saturated carbocycles. The summed E-state index contributed by atoms with van der Waals surface area (Å²) in [6, 6.07) is 20.6. The molecule has 5 aromatic rings. The summed E-state index contributed by atoms with van der Waals surface area (Å²) >= 11 is 6.88. The molecule has 1 aliphatic heterocycles. The minimum Gasteiger partial charge on any atom is -0.377 e. The lowest BCUT2D eigenvalue weighted by atomic mass is 10.00. The first-order chi connectivity index (χ1) is 22.9. The maximum absolute atomic E-state index is 14.0. The predicted molar refractivity (Wildman–Crippen MR) is 179 cm³/mol. The average Bonchev–Trinajstić information content (AvgIpc) is 3.83. The lowest BCUT2D eigenvalue weighted by Crippen LogP contribution is -2.32. The van der Waals surface area contributed by atoms with Gasteiger partial charge in [-0.1, -0.05) is 65.7 Å². The molecule has 0 amide bonds. The first kappa shape index (κ1) is 28.9. The van der Waals surface area contributed by atoms with Crippen molar-refractivity contribution in [3.8, 4) is 6.07 Å². The topological polar surface area (TPSA) is 94.7 Å². The number of aromatic nitrogens is 4. The van der Waals surface area contributed by atoms with E-state index in [2.05, 4.69) is 49.0 Å². The molecule has 8 nitrogen and oxygen atoms in total. The zero-order chi connectivity index (χ0) is 32.4. The molecule has 46 heavy (non-hydrogen) atoms. The number of likely N-dealkylation sites (tertiary alicyclic amines) is 1. The number of hydrogen-bond acceptors (Lipinski definition) is 7. The van der Waals surface area contributed by atoms with Gasteiger partial charge in [0.2, 0.25) is 0 Å². The van der Waals surface area contributed by atoms with Crippen LogP contribution in [0.2, 0.25) is 5.02 Å². The van der Waals surface area contributed by atoms with Crippen LogP contribution in [0.3, 0.4) is 0 Å². The molecule has 3 aromatic carbocycles. The van der Waals surface area contributed by atoms with Gasteiger partial charge in [-0.15, -0.1) is 5.10 Å². The molecule has 3 heterocycles. The van der Waals surface area contributed by atoms with Gasteiger partial charge in [-0.25, -0.2) is 9.07 Å². The summed E-state index contributed by atoms with van der Waals surface area (Å²) in [6.45, 7) is 3.14. The minimum absolute atomic E-state index is 0.0711. The third-order valence-electron chi connectivity index (χ3n) is 8.84. The summed E-state index contributed by atoms with van der Waals surface area (Å²) in [5.41, 5.74) is 4.07. The van der Waals surface area contributed by atoms with Crippen molar-refractivity contribution in [3.05, 3.63) is 112 Å². The van der Waals surface area contributed by atoms with Crippen molar-refractivity contribution in [2.24, 2.45) is 0 Å². The van der Waals surface area contributed by atoms with Gasteiger partial charge >= 0.3 is 0 Å². The Hall–Kier alpha value is -4.52. The molecule has 10 heteroatoms. The first-order valence-corrected chi connectivity index (χ1v) is 16.3. The predicted octanol–water partition coefficient (Wildman–Crippen LogP) is 8.06. The Morgan fingerprint density at radius 2 is 1.80 bits per heavy atom. The number of halogens is 2. The summed E-state index contributed by atoms with van der Waals surface area (Å²) in [7, 11) is 0. The van der Waals surface area contributed by atoms with E-state index in [0.29, 0.717) is 44.1 Å². The quantitative estimate of drug-likeness (QED) is 0.152. The molecule has 2 aliphatic rings. The maximum atomic E-state index is 14.0. The number of rotatable bonds is 11. The fourth-order valence-corrected chi connectivity index (χ4v) is 6.47. The molecule has 0 spiro atoms. The number of fused-ring (bicyclic) bond motifs is 1. The van der Waals surface area contributed by atoms with Crippen LogP contribution >= 0.6 is 11.6 Å². The number of hydrogen-bond donors (Lipinski definition) is 2. The van der Waals surface area contributed by atoms with Gasteiger partial charge in [0.15, 0.2) is 0 Å². The highest BCUT2D eigenvalue weighted by molar-refractivity contribution is 6.35. The van der Waals surface area contributed by atoms with Gasteiger partial charge in [0, 0.05) is 23.8 Å². The van der Waals surface area contributed by atoms with Crippen molar-refractivity contribution >= 4 is 33.9 Å². The number of nitrogens with zero attached hydrogens (tertiary/aromatic N) is 6. The van der Waals surface area contributed by atoms with Crippen LogP contribution in [0, 0.1) is 17.1 Å². The molecule has 0 radical (unpaired) electrons. The number of piperidine rings is 1.